The maximum Gasteiger partial charge on any atom is 0.279 e. The van der Waals surface area contributed by atoms with Crippen LogP contribution in [0, 0.1) is 13.8 Å². The third-order valence-electron chi connectivity index (χ3n) is 3.71. The first kappa shape index (κ1) is 16.5. The number of aryl methyl sites for hydroxylation is 2. The van der Waals surface area contributed by atoms with Crippen molar-refractivity contribution < 1.29 is 10.1 Å². The van der Waals surface area contributed by atoms with Gasteiger partial charge in [-0.2, -0.15) is 0 Å². The monoisotopic (exact) mass is 317 g/mol. The van der Waals surface area contributed by atoms with Crippen LogP contribution in [-0.2, 0) is 4.79 Å². The van der Waals surface area contributed by atoms with Crippen LogP contribution in [0.1, 0.15) is 29.7 Å². The Bertz CT molecular complexity index is 653. The molecule has 116 valence electrons. The highest BCUT2D eigenvalue weighted by Crippen LogP contribution is 2.16. The molecule has 1 amide bonds. The van der Waals surface area contributed by atoms with E-state index in [1.807, 2.05) is 55.6 Å². The van der Waals surface area contributed by atoms with Gasteiger partial charge in [0.25, 0.3) is 5.91 Å². The molecule has 0 saturated carbocycles. The summed E-state index contributed by atoms with van der Waals surface area (Å²) < 4.78 is 0. The summed E-state index contributed by atoms with van der Waals surface area (Å²) in [4.78, 5) is 12.1. The molecule has 0 aliphatic heterocycles. The quantitative estimate of drug-likeness (QED) is 0.874. The van der Waals surface area contributed by atoms with E-state index < -0.39 is 0 Å². The molecule has 0 aliphatic carbocycles. The van der Waals surface area contributed by atoms with Crippen molar-refractivity contribution in [2.75, 3.05) is 11.9 Å². The lowest BCUT2D eigenvalue weighted by molar-refractivity contribution is -0.682. The summed E-state index contributed by atoms with van der Waals surface area (Å²) >= 11 is 5.89. The highest BCUT2D eigenvalue weighted by Gasteiger charge is 2.12. The molecule has 22 heavy (non-hydrogen) atoms. The SMILES string of the molecule is Cc1ccc(NC(=O)C[NH2+][C@H](C)c2ccc(Cl)cc2)c(C)c1. The zero-order valence-corrected chi connectivity index (χ0v) is 13.9. The van der Waals surface area contributed by atoms with E-state index in [4.69, 9.17) is 11.6 Å². The molecular weight excluding hydrogens is 296 g/mol. The van der Waals surface area contributed by atoms with Crippen LogP contribution >= 0.6 is 11.6 Å². The van der Waals surface area contributed by atoms with Gasteiger partial charge < -0.3 is 10.6 Å². The molecule has 0 heterocycles. The van der Waals surface area contributed by atoms with Gasteiger partial charge in [-0.1, -0.05) is 41.4 Å². The van der Waals surface area contributed by atoms with E-state index in [-0.39, 0.29) is 11.9 Å². The van der Waals surface area contributed by atoms with Crippen molar-refractivity contribution in [1.82, 2.24) is 0 Å². The van der Waals surface area contributed by atoms with Crippen LogP contribution in [0.25, 0.3) is 0 Å². The second kappa shape index (κ2) is 7.43. The average Bonchev–Trinajstić information content (AvgIpc) is 2.48. The molecule has 3 N–H and O–H groups in total. The first-order valence-corrected chi connectivity index (χ1v) is 7.79. The summed E-state index contributed by atoms with van der Waals surface area (Å²) in [5.74, 6) is 0.00719. The Morgan fingerprint density at radius 1 is 1.18 bits per heavy atom. The van der Waals surface area contributed by atoms with Crippen molar-refractivity contribution in [3.05, 3.63) is 64.2 Å². The molecule has 0 radical (unpaired) electrons. The number of anilines is 1. The summed E-state index contributed by atoms with van der Waals surface area (Å²) in [6.45, 7) is 6.51. The van der Waals surface area contributed by atoms with Gasteiger partial charge in [0.2, 0.25) is 0 Å². The first-order chi connectivity index (χ1) is 10.5. The third kappa shape index (κ3) is 4.58. The number of nitrogens with two attached hydrogens (primary N) is 1. The minimum atomic E-state index is 0.00719. The van der Waals surface area contributed by atoms with Gasteiger partial charge in [-0.05, 0) is 44.5 Å². The third-order valence-corrected chi connectivity index (χ3v) is 3.96. The van der Waals surface area contributed by atoms with E-state index in [9.17, 15) is 4.79 Å². The molecule has 1 atom stereocenters. The summed E-state index contributed by atoms with van der Waals surface area (Å²) in [7, 11) is 0. The molecule has 0 bridgehead atoms. The van der Waals surface area contributed by atoms with Gasteiger partial charge in [-0.25, -0.2) is 0 Å². The lowest BCUT2D eigenvalue weighted by atomic mass is 10.1. The second-order valence-corrected chi connectivity index (χ2v) is 6.08. The van der Waals surface area contributed by atoms with Gasteiger partial charge in [-0.15, -0.1) is 0 Å². The minimum Gasteiger partial charge on any atom is -0.333 e. The van der Waals surface area contributed by atoms with Gasteiger partial charge in [0.05, 0.1) is 0 Å². The Morgan fingerprint density at radius 3 is 2.50 bits per heavy atom. The van der Waals surface area contributed by atoms with Gasteiger partial charge in [-0.3, -0.25) is 4.79 Å². The van der Waals surface area contributed by atoms with Gasteiger partial charge in [0.15, 0.2) is 6.54 Å². The lowest BCUT2D eigenvalue weighted by Gasteiger charge is -2.12. The highest BCUT2D eigenvalue weighted by molar-refractivity contribution is 6.30. The number of hydrogen-bond acceptors (Lipinski definition) is 1. The number of nitrogens with one attached hydrogen (secondary N) is 1. The van der Waals surface area contributed by atoms with Crippen LogP contribution in [0.15, 0.2) is 42.5 Å². The molecule has 0 unspecified atom stereocenters. The Morgan fingerprint density at radius 2 is 1.86 bits per heavy atom. The number of benzene rings is 2. The molecular formula is C18H22ClN2O+. The zero-order chi connectivity index (χ0) is 16.1. The van der Waals surface area contributed by atoms with E-state index in [0.29, 0.717) is 6.54 Å². The summed E-state index contributed by atoms with van der Waals surface area (Å²) in [6.07, 6.45) is 0. The number of halogens is 1. The Labute approximate surface area is 136 Å². The number of rotatable bonds is 5. The smallest absolute Gasteiger partial charge is 0.279 e. The van der Waals surface area contributed by atoms with E-state index in [1.165, 1.54) is 5.56 Å². The van der Waals surface area contributed by atoms with Crippen molar-refractivity contribution in [3.8, 4) is 0 Å². The Balaban J connectivity index is 1.88. The fraction of sp³-hybridized carbons (Fsp3) is 0.278. The standard InChI is InChI=1S/C18H21ClN2O/c1-12-4-9-17(13(2)10-12)21-18(22)11-20-14(3)15-5-7-16(19)8-6-15/h4-10,14,20H,11H2,1-3H3,(H,21,22)/p+1/t14-/m1/s1. The Kier molecular flexibility index (Phi) is 5.58. The van der Waals surface area contributed by atoms with Crippen LogP contribution in [0.4, 0.5) is 5.69 Å². The molecule has 0 saturated heterocycles. The first-order valence-electron chi connectivity index (χ1n) is 7.41. The molecule has 0 aliphatic rings. The fourth-order valence-corrected chi connectivity index (χ4v) is 2.47. The van der Waals surface area contributed by atoms with Crippen LogP contribution in [0.3, 0.4) is 0 Å². The number of hydrogen-bond donors (Lipinski definition) is 2. The predicted octanol–water partition coefficient (Wildman–Crippen LogP) is 3.22. The number of carbonyl (C=O) groups excluding carboxylic acids is 1. The van der Waals surface area contributed by atoms with E-state index >= 15 is 0 Å². The van der Waals surface area contributed by atoms with Crippen LogP contribution in [0.5, 0.6) is 0 Å². The average molecular weight is 318 g/mol. The predicted molar refractivity (Wildman–Crippen MR) is 91.2 cm³/mol. The minimum absolute atomic E-state index is 0.00719. The van der Waals surface area contributed by atoms with Crippen molar-refractivity contribution in [2.45, 2.75) is 26.8 Å². The molecule has 0 fully saturated rings. The molecule has 4 heteroatoms. The number of quaternary nitrogens is 1. The van der Waals surface area contributed by atoms with Crippen molar-refractivity contribution in [1.29, 1.82) is 0 Å². The lowest BCUT2D eigenvalue weighted by Crippen LogP contribution is -2.86. The highest BCUT2D eigenvalue weighted by atomic mass is 35.5. The maximum absolute atomic E-state index is 12.1. The second-order valence-electron chi connectivity index (χ2n) is 5.65. The largest absolute Gasteiger partial charge is 0.333 e. The van der Waals surface area contributed by atoms with Gasteiger partial charge in [0.1, 0.15) is 6.04 Å². The normalized spacial score (nSPS) is 12.0. The van der Waals surface area contributed by atoms with Crippen LogP contribution < -0.4 is 10.6 Å². The van der Waals surface area contributed by atoms with Crippen molar-refractivity contribution in [3.63, 3.8) is 0 Å². The van der Waals surface area contributed by atoms with Crippen molar-refractivity contribution in [2.24, 2.45) is 0 Å². The molecule has 3 nitrogen and oxygen atoms in total. The Hall–Kier alpha value is -1.84. The van der Waals surface area contributed by atoms with Crippen LogP contribution in [-0.4, -0.2) is 12.5 Å². The zero-order valence-electron chi connectivity index (χ0n) is 13.2. The van der Waals surface area contributed by atoms with Gasteiger partial charge in [0, 0.05) is 16.3 Å². The van der Waals surface area contributed by atoms with E-state index in [2.05, 4.69) is 18.3 Å². The molecule has 0 spiro atoms. The maximum atomic E-state index is 12.1. The fourth-order valence-electron chi connectivity index (χ4n) is 2.34. The molecule has 2 aromatic carbocycles. The number of amides is 1. The van der Waals surface area contributed by atoms with Gasteiger partial charge >= 0.3 is 0 Å². The topological polar surface area (TPSA) is 45.7 Å². The summed E-state index contributed by atoms with van der Waals surface area (Å²) in [5, 5.41) is 5.70. The van der Waals surface area contributed by atoms with E-state index in [1.54, 1.807) is 0 Å². The molecule has 2 rings (SSSR count). The van der Waals surface area contributed by atoms with Crippen molar-refractivity contribution >= 4 is 23.2 Å². The molecule has 2 aromatic rings. The summed E-state index contributed by atoms with van der Waals surface area (Å²) in [5.41, 5.74) is 4.31. The summed E-state index contributed by atoms with van der Waals surface area (Å²) in [6, 6.07) is 14.0. The molecule has 0 aromatic heterocycles. The van der Waals surface area contributed by atoms with Crippen LogP contribution in [0.2, 0.25) is 5.02 Å². The number of carbonyl (C=O) groups is 1. The van der Waals surface area contributed by atoms with E-state index in [0.717, 1.165) is 21.8 Å².